The molecule has 0 bridgehead atoms. The number of benzene rings is 1. The Morgan fingerprint density at radius 2 is 2.05 bits per heavy atom. The third kappa shape index (κ3) is 3.15. The van der Waals surface area contributed by atoms with Crippen molar-refractivity contribution in [1.82, 2.24) is 4.98 Å². The molecule has 2 aromatic rings. The molecule has 19 heavy (non-hydrogen) atoms. The Bertz CT molecular complexity index is 534. The van der Waals surface area contributed by atoms with Crippen LogP contribution in [0.3, 0.4) is 0 Å². The molecule has 2 rings (SSSR count). The number of methoxy groups -OCH3 is 1. The highest BCUT2D eigenvalue weighted by atomic mass is 16.5. The molecule has 1 heterocycles. The van der Waals surface area contributed by atoms with Gasteiger partial charge >= 0.3 is 0 Å². The van der Waals surface area contributed by atoms with Gasteiger partial charge in [-0.25, -0.2) is 4.98 Å². The summed E-state index contributed by atoms with van der Waals surface area (Å²) in [7, 11) is 1.63. The summed E-state index contributed by atoms with van der Waals surface area (Å²) in [6, 6.07) is 7.53. The normalized spacial score (nSPS) is 12.7. The monoisotopic (exact) mass is 260 g/mol. The molecule has 0 radical (unpaired) electrons. The predicted octanol–water partition coefficient (Wildman–Crippen LogP) is 3.40. The summed E-state index contributed by atoms with van der Waals surface area (Å²) >= 11 is 0. The van der Waals surface area contributed by atoms with Gasteiger partial charge in [0, 0.05) is 0 Å². The zero-order valence-corrected chi connectivity index (χ0v) is 11.6. The summed E-state index contributed by atoms with van der Waals surface area (Å²) in [4.78, 5) is 4.30. The zero-order valence-electron chi connectivity index (χ0n) is 11.6. The number of hydrogen-bond donors (Lipinski definition) is 1. The third-order valence-electron chi connectivity index (χ3n) is 2.95. The van der Waals surface area contributed by atoms with Crippen LogP contribution in [-0.2, 0) is 0 Å². The van der Waals surface area contributed by atoms with E-state index in [1.807, 2.05) is 24.3 Å². The number of nitrogens with two attached hydrogens (primary N) is 1. The van der Waals surface area contributed by atoms with Crippen molar-refractivity contribution in [3.05, 3.63) is 36.2 Å². The molecular formula is C15H20N2O2. The van der Waals surface area contributed by atoms with Gasteiger partial charge in [-0.05, 0) is 24.5 Å². The van der Waals surface area contributed by atoms with Crippen molar-refractivity contribution >= 4 is 0 Å². The molecule has 4 heteroatoms. The van der Waals surface area contributed by atoms with Gasteiger partial charge in [-0.2, -0.15) is 0 Å². The van der Waals surface area contributed by atoms with E-state index in [2.05, 4.69) is 18.8 Å². The van der Waals surface area contributed by atoms with Gasteiger partial charge in [-0.15, -0.1) is 0 Å². The summed E-state index contributed by atoms with van der Waals surface area (Å²) in [5.74, 6) is 2.53. The fraction of sp³-hybridized carbons (Fsp3) is 0.400. The maximum Gasteiger partial charge on any atom is 0.230 e. The number of rotatable bonds is 5. The van der Waals surface area contributed by atoms with Crippen LogP contribution in [0.15, 0.2) is 34.9 Å². The van der Waals surface area contributed by atoms with E-state index in [4.69, 9.17) is 14.9 Å². The van der Waals surface area contributed by atoms with E-state index in [1.165, 1.54) is 0 Å². The van der Waals surface area contributed by atoms with Crippen LogP contribution in [0.1, 0.15) is 32.1 Å². The fourth-order valence-electron chi connectivity index (χ4n) is 2.03. The zero-order chi connectivity index (χ0) is 13.8. The lowest BCUT2D eigenvalue weighted by molar-refractivity contribution is 0.406. The quantitative estimate of drug-likeness (QED) is 0.895. The first-order valence-corrected chi connectivity index (χ1v) is 6.46. The molecule has 0 saturated carbocycles. The second-order valence-corrected chi connectivity index (χ2v) is 5.00. The van der Waals surface area contributed by atoms with Gasteiger partial charge in [0.1, 0.15) is 11.5 Å². The number of nitrogens with zero attached hydrogens (tertiary/aromatic N) is 1. The number of para-hydroxylation sites is 1. The second-order valence-electron chi connectivity index (χ2n) is 5.00. The van der Waals surface area contributed by atoms with Crippen LogP contribution in [0.4, 0.5) is 0 Å². The van der Waals surface area contributed by atoms with Crippen LogP contribution in [0.25, 0.3) is 11.5 Å². The van der Waals surface area contributed by atoms with E-state index in [0.29, 0.717) is 11.8 Å². The standard InChI is InChI=1S/C15H20N2O2/c1-10(2)8-12(16)14-9-17-15(19-14)11-6-4-5-7-13(11)18-3/h4-7,9-10,12H,8,16H2,1-3H3. The largest absolute Gasteiger partial charge is 0.496 e. The molecule has 0 amide bonds. The molecule has 0 aliphatic heterocycles. The molecule has 0 spiro atoms. The number of oxazole rings is 1. The van der Waals surface area contributed by atoms with E-state index in [0.717, 1.165) is 23.5 Å². The first kappa shape index (κ1) is 13.6. The van der Waals surface area contributed by atoms with Gasteiger partial charge in [0.05, 0.1) is 24.9 Å². The minimum atomic E-state index is -0.115. The first-order chi connectivity index (χ1) is 9.11. The molecule has 4 nitrogen and oxygen atoms in total. The van der Waals surface area contributed by atoms with Gasteiger partial charge in [-0.1, -0.05) is 26.0 Å². The maximum absolute atomic E-state index is 6.09. The van der Waals surface area contributed by atoms with Gasteiger partial charge in [0.15, 0.2) is 0 Å². The lowest BCUT2D eigenvalue weighted by atomic mass is 10.0. The Morgan fingerprint density at radius 3 is 2.74 bits per heavy atom. The molecule has 0 fully saturated rings. The van der Waals surface area contributed by atoms with Crippen molar-refractivity contribution in [2.24, 2.45) is 11.7 Å². The summed E-state index contributed by atoms with van der Waals surface area (Å²) in [6.07, 6.45) is 2.58. The highest BCUT2D eigenvalue weighted by Gasteiger charge is 2.16. The van der Waals surface area contributed by atoms with Gasteiger partial charge in [0.25, 0.3) is 0 Å². The molecule has 1 atom stereocenters. The maximum atomic E-state index is 6.09. The van der Waals surface area contributed by atoms with Gasteiger partial charge < -0.3 is 14.9 Å². The van der Waals surface area contributed by atoms with E-state index in [-0.39, 0.29) is 6.04 Å². The van der Waals surface area contributed by atoms with Crippen molar-refractivity contribution < 1.29 is 9.15 Å². The Kier molecular flexibility index (Phi) is 4.22. The van der Waals surface area contributed by atoms with Crippen LogP contribution in [0.2, 0.25) is 0 Å². The smallest absolute Gasteiger partial charge is 0.230 e. The highest BCUT2D eigenvalue weighted by molar-refractivity contribution is 5.62. The minimum absolute atomic E-state index is 0.115. The molecule has 1 unspecified atom stereocenters. The van der Waals surface area contributed by atoms with Crippen LogP contribution >= 0.6 is 0 Å². The van der Waals surface area contributed by atoms with E-state index < -0.39 is 0 Å². The Morgan fingerprint density at radius 1 is 1.32 bits per heavy atom. The summed E-state index contributed by atoms with van der Waals surface area (Å²) in [6.45, 7) is 4.27. The number of hydrogen-bond acceptors (Lipinski definition) is 4. The molecule has 102 valence electrons. The van der Waals surface area contributed by atoms with Crippen molar-refractivity contribution in [2.45, 2.75) is 26.3 Å². The SMILES string of the molecule is COc1ccccc1-c1ncc(C(N)CC(C)C)o1. The highest BCUT2D eigenvalue weighted by Crippen LogP contribution is 2.30. The van der Waals surface area contributed by atoms with E-state index in [9.17, 15) is 0 Å². The molecule has 1 aromatic heterocycles. The second kappa shape index (κ2) is 5.89. The molecular weight excluding hydrogens is 240 g/mol. The number of ether oxygens (including phenoxy) is 1. The average Bonchev–Trinajstić information content (AvgIpc) is 2.87. The predicted molar refractivity (Wildman–Crippen MR) is 74.9 cm³/mol. The molecule has 0 saturated heterocycles. The minimum Gasteiger partial charge on any atom is -0.496 e. The van der Waals surface area contributed by atoms with Crippen molar-refractivity contribution in [1.29, 1.82) is 0 Å². The van der Waals surface area contributed by atoms with Crippen molar-refractivity contribution in [3.8, 4) is 17.2 Å². The average molecular weight is 260 g/mol. The molecule has 2 N–H and O–H groups in total. The molecule has 1 aromatic carbocycles. The number of aromatic nitrogens is 1. The van der Waals surface area contributed by atoms with Gasteiger partial charge in [0.2, 0.25) is 5.89 Å². The molecule has 0 aliphatic carbocycles. The Balaban J connectivity index is 2.25. The van der Waals surface area contributed by atoms with Crippen molar-refractivity contribution in [2.75, 3.05) is 7.11 Å². The summed E-state index contributed by atoms with van der Waals surface area (Å²) in [5.41, 5.74) is 6.93. The van der Waals surface area contributed by atoms with Crippen LogP contribution in [0, 0.1) is 5.92 Å². The van der Waals surface area contributed by atoms with E-state index in [1.54, 1.807) is 13.3 Å². The van der Waals surface area contributed by atoms with E-state index >= 15 is 0 Å². The Hall–Kier alpha value is -1.81. The first-order valence-electron chi connectivity index (χ1n) is 6.46. The Labute approximate surface area is 113 Å². The van der Waals surface area contributed by atoms with Gasteiger partial charge in [-0.3, -0.25) is 0 Å². The topological polar surface area (TPSA) is 61.3 Å². The van der Waals surface area contributed by atoms with Crippen LogP contribution in [0.5, 0.6) is 5.75 Å². The van der Waals surface area contributed by atoms with Crippen molar-refractivity contribution in [3.63, 3.8) is 0 Å². The summed E-state index contributed by atoms with van der Waals surface area (Å²) in [5, 5.41) is 0. The lowest BCUT2D eigenvalue weighted by Crippen LogP contribution is -2.11. The van der Waals surface area contributed by atoms with Crippen LogP contribution in [-0.4, -0.2) is 12.1 Å². The summed E-state index contributed by atoms with van der Waals surface area (Å²) < 4.78 is 11.1. The molecule has 0 aliphatic rings. The van der Waals surface area contributed by atoms with Crippen LogP contribution < -0.4 is 10.5 Å². The third-order valence-corrected chi connectivity index (χ3v) is 2.95. The fourth-order valence-corrected chi connectivity index (χ4v) is 2.03. The lowest BCUT2D eigenvalue weighted by Gasteiger charge is -2.10.